The Morgan fingerprint density at radius 3 is 3.06 bits per heavy atom. The molecule has 1 unspecified atom stereocenters. The van der Waals surface area contributed by atoms with Crippen LogP contribution in [-0.2, 0) is 0 Å². The first kappa shape index (κ1) is 12.9. The van der Waals surface area contributed by atoms with Crippen LogP contribution in [0.15, 0.2) is 30.6 Å². The van der Waals surface area contributed by atoms with Gasteiger partial charge in [0.2, 0.25) is 0 Å². The summed E-state index contributed by atoms with van der Waals surface area (Å²) in [4.78, 5) is 4.28. The van der Waals surface area contributed by atoms with Gasteiger partial charge in [0.05, 0.1) is 0 Å². The van der Waals surface area contributed by atoms with Crippen LogP contribution in [0.4, 0.5) is 5.82 Å². The highest BCUT2D eigenvalue weighted by molar-refractivity contribution is 5.49. The second kappa shape index (κ2) is 6.40. The van der Waals surface area contributed by atoms with E-state index in [4.69, 9.17) is 5.73 Å². The zero-order chi connectivity index (χ0) is 12.8. The van der Waals surface area contributed by atoms with E-state index in [-0.39, 0.29) is 0 Å². The third-order valence-corrected chi connectivity index (χ3v) is 3.27. The standard InChI is InChI=1S/C14H22N4/c1-2-4-12(7-8-15)11-17-14-6-3-5-13-16-9-10-18(13)14/h3,5-6,9-10,12,17H,2,4,7-8,11,15H2,1H3. The smallest absolute Gasteiger partial charge is 0.138 e. The molecule has 0 aliphatic heterocycles. The molecule has 0 radical (unpaired) electrons. The molecule has 0 saturated carbocycles. The van der Waals surface area contributed by atoms with Crippen molar-refractivity contribution in [3.8, 4) is 0 Å². The second-order valence-corrected chi connectivity index (χ2v) is 4.68. The summed E-state index contributed by atoms with van der Waals surface area (Å²) < 4.78 is 2.07. The van der Waals surface area contributed by atoms with Gasteiger partial charge in [-0.25, -0.2) is 4.98 Å². The van der Waals surface area contributed by atoms with Crippen LogP contribution in [0.2, 0.25) is 0 Å². The maximum Gasteiger partial charge on any atom is 0.138 e. The molecule has 2 rings (SSSR count). The predicted octanol–water partition coefficient (Wildman–Crippen LogP) is 2.51. The van der Waals surface area contributed by atoms with Crippen LogP contribution in [-0.4, -0.2) is 22.5 Å². The van der Waals surface area contributed by atoms with Crippen LogP contribution in [0.1, 0.15) is 26.2 Å². The molecule has 0 spiro atoms. The van der Waals surface area contributed by atoms with Crippen LogP contribution in [0.3, 0.4) is 0 Å². The van der Waals surface area contributed by atoms with Crippen molar-refractivity contribution in [2.75, 3.05) is 18.4 Å². The van der Waals surface area contributed by atoms with Gasteiger partial charge in [0, 0.05) is 18.9 Å². The van der Waals surface area contributed by atoms with Gasteiger partial charge in [-0.15, -0.1) is 0 Å². The summed E-state index contributed by atoms with van der Waals surface area (Å²) >= 11 is 0. The molecule has 0 bridgehead atoms. The number of nitrogens with zero attached hydrogens (tertiary/aromatic N) is 2. The average Bonchev–Trinajstić information content (AvgIpc) is 2.85. The lowest BCUT2D eigenvalue weighted by Crippen LogP contribution is -2.19. The summed E-state index contributed by atoms with van der Waals surface area (Å²) in [5.74, 6) is 1.75. The molecule has 2 aromatic rings. The van der Waals surface area contributed by atoms with Crippen molar-refractivity contribution in [3.63, 3.8) is 0 Å². The number of nitrogens with two attached hydrogens (primary N) is 1. The Labute approximate surface area is 108 Å². The number of anilines is 1. The molecule has 0 fully saturated rings. The minimum Gasteiger partial charge on any atom is -0.371 e. The molecular weight excluding hydrogens is 224 g/mol. The van der Waals surface area contributed by atoms with Gasteiger partial charge in [0.1, 0.15) is 11.5 Å². The fourth-order valence-electron chi connectivity index (χ4n) is 2.33. The lowest BCUT2D eigenvalue weighted by atomic mass is 10.00. The number of aromatic nitrogens is 2. The van der Waals surface area contributed by atoms with E-state index in [0.29, 0.717) is 5.92 Å². The summed E-state index contributed by atoms with van der Waals surface area (Å²) in [6.07, 6.45) is 7.33. The molecule has 1 atom stereocenters. The zero-order valence-corrected chi connectivity index (χ0v) is 11.0. The van der Waals surface area contributed by atoms with Crippen molar-refractivity contribution in [2.24, 2.45) is 11.7 Å². The first-order valence-corrected chi connectivity index (χ1v) is 6.71. The van der Waals surface area contributed by atoms with Gasteiger partial charge in [-0.1, -0.05) is 19.4 Å². The lowest BCUT2D eigenvalue weighted by molar-refractivity contribution is 0.472. The van der Waals surface area contributed by atoms with Crippen molar-refractivity contribution in [2.45, 2.75) is 26.2 Å². The topological polar surface area (TPSA) is 55.3 Å². The molecule has 0 saturated heterocycles. The normalized spacial score (nSPS) is 12.8. The third kappa shape index (κ3) is 3.01. The number of nitrogens with one attached hydrogen (secondary N) is 1. The summed E-state index contributed by atoms with van der Waals surface area (Å²) in [6.45, 7) is 3.96. The van der Waals surface area contributed by atoms with E-state index in [1.54, 1.807) is 0 Å². The maximum absolute atomic E-state index is 5.66. The molecule has 2 heterocycles. The van der Waals surface area contributed by atoms with E-state index in [1.807, 2.05) is 24.5 Å². The van der Waals surface area contributed by atoms with Gasteiger partial charge < -0.3 is 11.1 Å². The van der Waals surface area contributed by atoms with Crippen LogP contribution in [0.5, 0.6) is 0 Å². The van der Waals surface area contributed by atoms with E-state index in [2.05, 4.69) is 27.7 Å². The monoisotopic (exact) mass is 246 g/mol. The van der Waals surface area contributed by atoms with Crippen molar-refractivity contribution in [3.05, 3.63) is 30.6 Å². The highest BCUT2D eigenvalue weighted by atomic mass is 15.1. The average molecular weight is 246 g/mol. The molecule has 0 amide bonds. The lowest BCUT2D eigenvalue weighted by Gasteiger charge is -2.17. The van der Waals surface area contributed by atoms with Crippen LogP contribution >= 0.6 is 0 Å². The summed E-state index contributed by atoms with van der Waals surface area (Å²) in [5.41, 5.74) is 6.64. The first-order valence-electron chi connectivity index (χ1n) is 6.71. The summed E-state index contributed by atoms with van der Waals surface area (Å²) in [5, 5.41) is 3.51. The van der Waals surface area contributed by atoms with E-state index in [0.717, 1.165) is 31.0 Å². The Hall–Kier alpha value is -1.55. The highest BCUT2D eigenvalue weighted by Gasteiger charge is 2.07. The van der Waals surface area contributed by atoms with Gasteiger partial charge in [-0.3, -0.25) is 4.40 Å². The quantitative estimate of drug-likeness (QED) is 0.789. The maximum atomic E-state index is 5.66. The number of fused-ring (bicyclic) bond motifs is 1. The Balaban J connectivity index is 2.02. The number of pyridine rings is 1. The Morgan fingerprint density at radius 1 is 1.39 bits per heavy atom. The molecule has 0 aromatic carbocycles. The first-order chi connectivity index (χ1) is 8.85. The van der Waals surface area contributed by atoms with Gasteiger partial charge in [-0.05, 0) is 37.4 Å². The minimum atomic E-state index is 0.652. The Morgan fingerprint density at radius 2 is 2.28 bits per heavy atom. The van der Waals surface area contributed by atoms with Crippen LogP contribution in [0, 0.1) is 5.92 Å². The van der Waals surface area contributed by atoms with E-state index in [9.17, 15) is 0 Å². The summed E-state index contributed by atoms with van der Waals surface area (Å²) in [6, 6.07) is 6.12. The van der Waals surface area contributed by atoms with Crippen LogP contribution in [0.25, 0.3) is 5.65 Å². The zero-order valence-electron chi connectivity index (χ0n) is 11.0. The number of hydrogen-bond donors (Lipinski definition) is 2. The van der Waals surface area contributed by atoms with Crippen molar-refractivity contribution in [1.82, 2.24) is 9.38 Å². The second-order valence-electron chi connectivity index (χ2n) is 4.68. The van der Waals surface area contributed by atoms with E-state index in [1.165, 1.54) is 12.8 Å². The van der Waals surface area contributed by atoms with Crippen LogP contribution < -0.4 is 11.1 Å². The van der Waals surface area contributed by atoms with Gasteiger partial charge in [0.25, 0.3) is 0 Å². The SMILES string of the molecule is CCCC(CCN)CNc1cccc2nccn12. The summed E-state index contributed by atoms with van der Waals surface area (Å²) in [7, 11) is 0. The minimum absolute atomic E-state index is 0.652. The molecule has 0 aliphatic carbocycles. The fraction of sp³-hybridized carbons (Fsp3) is 0.500. The number of rotatable bonds is 7. The third-order valence-electron chi connectivity index (χ3n) is 3.27. The van der Waals surface area contributed by atoms with E-state index >= 15 is 0 Å². The molecule has 0 aliphatic rings. The molecular formula is C14H22N4. The van der Waals surface area contributed by atoms with Crippen molar-refractivity contribution in [1.29, 1.82) is 0 Å². The Bertz CT molecular complexity index is 471. The molecule has 98 valence electrons. The van der Waals surface area contributed by atoms with Gasteiger partial charge >= 0.3 is 0 Å². The van der Waals surface area contributed by atoms with Crippen molar-refractivity contribution < 1.29 is 0 Å². The largest absolute Gasteiger partial charge is 0.371 e. The molecule has 4 nitrogen and oxygen atoms in total. The molecule has 2 aromatic heterocycles. The number of hydrogen-bond acceptors (Lipinski definition) is 3. The molecule has 4 heteroatoms. The molecule has 3 N–H and O–H groups in total. The van der Waals surface area contributed by atoms with Gasteiger partial charge in [-0.2, -0.15) is 0 Å². The van der Waals surface area contributed by atoms with E-state index < -0.39 is 0 Å². The van der Waals surface area contributed by atoms with Crippen molar-refractivity contribution >= 4 is 11.5 Å². The van der Waals surface area contributed by atoms with Gasteiger partial charge in [0.15, 0.2) is 0 Å². The predicted molar refractivity (Wildman–Crippen MR) is 75.8 cm³/mol. The number of imidazole rings is 1. The Kier molecular flexibility index (Phi) is 4.59. The fourth-order valence-corrected chi connectivity index (χ4v) is 2.33. The highest BCUT2D eigenvalue weighted by Crippen LogP contribution is 2.14. The molecule has 18 heavy (non-hydrogen) atoms.